The summed E-state index contributed by atoms with van der Waals surface area (Å²) in [6.45, 7) is 0.985. The average Bonchev–Trinajstić information content (AvgIpc) is 2.63. The van der Waals surface area contributed by atoms with Crippen LogP contribution in [0, 0.1) is 0 Å². The van der Waals surface area contributed by atoms with Gasteiger partial charge in [-0.15, -0.1) is 12.4 Å². The molecule has 0 unspecified atom stereocenters. The average molecular weight is 359 g/mol. The highest BCUT2D eigenvalue weighted by atomic mass is 35.5. The van der Waals surface area contributed by atoms with Gasteiger partial charge in [-0.05, 0) is 57.3 Å². The van der Waals surface area contributed by atoms with Crippen molar-refractivity contribution in [1.82, 2.24) is 10.2 Å². The normalized spacial score (nSPS) is 23.2. The summed E-state index contributed by atoms with van der Waals surface area (Å²) in [6.07, 6.45) is 6.21. The van der Waals surface area contributed by atoms with Gasteiger partial charge in [-0.25, -0.2) is 0 Å². The molecule has 1 aliphatic carbocycles. The number of likely N-dealkylation sites (N-methyl/N-ethyl adjacent to an activating group) is 1. The molecule has 2 aromatic carbocycles. The van der Waals surface area contributed by atoms with Gasteiger partial charge < -0.3 is 10.2 Å². The Balaban J connectivity index is 0.00000225. The second-order valence-electron chi connectivity index (χ2n) is 7.42. The van der Waals surface area contributed by atoms with Gasteiger partial charge in [0, 0.05) is 18.1 Å². The lowest BCUT2D eigenvalue weighted by Gasteiger charge is -2.45. The molecule has 1 N–H and O–H groups in total. The maximum Gasteiger partial charge on any atom is 0.0244 e. The van der Waals surface area contributed by atoms with Crippen LogP contribution in [0.25, 0.3) is 0 Å². The molecule has 1 fully saturated rings. The van der Waals surface area contributed by atoms with E-state index in [9.17, 15) is 0 Å². The molecule has 0 heterocycles. The highest BCUT2D eigenvalue weighted by molar-refractivity contribution is 5.85. The van der Waals surface area contributed by atoms with Gasteiger partial charge >= 0.3 is 0 Å². The molecule has 3 heteroatoms. The molecule has 3 rings (SSSR count). The van der Waals surface area contributed by atoms with E-state index in [-0.39, 0.29) is 12.4 Å². The molecule has 0 aliphatic heterocycles. The molecule has 2 nitrogen and oxygen atoms in total. The Hall–Kier alpha value is -1.35. The fourth-order valence-electron chi connectivity index (χ4n) is 3.98. The van der Waals surface area contributed by atoms with Crippen LogP contribution in [0.1, 0.15) is 36.8 Å². The minimum Gasteiger partial charge on any atom is -0.310 e. The van der Waals surface area contributed by atoms with Crippen LogP contribution in [0.3, 0.4) is 0 Å². The van der Waals surface area contributed by atoms with E-state index >= 15 is 0 Å². The molecule has 0 aromatic heterocycles. The predicted octanol–water partition coefficient (Wildman–Crippen LogP) is 4.68. The SMILES string of the molecule is CN(C)C1(Cc2ccccc2)CCC(NCc2ccccc2)CC1.Cl. The van der Waals surface area contributed by atoms with Gasteiger partial charge in [0.2, 0.25) is 0 Å². The van der Waals surface area contributed by atoms with E-state index in [1.54, 1.807) is 0 Å². The molecule has 0 saturated heterocycles. The molecular weight excluding hydrogens is 328 g/mol. The Morgan fingerprint density at radius 2 is 1.40 bits per heavy atom. The van der Waals surface area contributed by atoms with Crippen molar-refractivity contribution in [3.63, 3.8) is 0 Å². The van der Waals surface area contributed by atoms with Gasteiger partial charge in [0.05, 0.1) is 0 Å². The number of nitrogens with zero attached hydrogens (tertiary/aromatic N) is 1. The fourth-order valence-corrected chi connectivity index (χ4v) is 3.98. The van der Waals surface area contributed by atoms with Gasteiger partial charge in [-0.3, -0.25) is 0 Å². The smallest absolute Gasteiger partial charge is 0.0244 e. The summed E-state index contributed by atoms with van der Waals surface area (Å²) >= 11 is 0. The van der Waals surface area contributed by atoms with Crippen LogP contribution in [0.5, 0.6) is 0 Å². The number of benzene rings is 2. The quantitative estimate of drug-likeness (QED) is 0.806. The summed E-state index contributed by atoms with van der Waals surface area (Å²) in [5.74, 6) is 0. The number of nitrogens with one attached hydrogen (secondary N) is 1. The van der Waals surface area contributed by atoms with E-state index in [1.807, 2.05) is 0 Å². The Kier molecular flexibility index (Phi) is 7.49. The van der Waals surface area contributed by atoms with Crippen molar-refractivity contribution in [2.45, 2.75) is 50.2 Å². The summed E-state index contributed by atoms with van der Waals surface area (Å²) in [4.78, 5) is 2.47. The van der Waals surface area contributed by atoms with Crippen molar-refractivity contribution in [3.05, 3.63) is 71.8 Å². The topological polar surface area (TPSA) is 15.3 Å². The molecule has 0 bridgehead atoms. The Labute approximate surface area is 159 Å². The number of rotatable bonds is 6. The van der Waals surface area contributed by atoms with Crippen LogP contribution in [0.4, 0.5) is 0 Å². The van der Waals surface area contributed by atoms with E-state index < -0.39 is 0 Å². The second kappa shape index (κ2) is 9.38. The van der Waals surface area contributed by atoms with Gasteiger partial charge in [-0.1, -0.05) is 60.7 Å². The van der Waals surface area contributed by atoms with Crippen LogP contribution < -0.4 is 5.32 Å². The van der Waals surface area contributed by atoms with Crippen molar-refractivity contribution < 1.29 is 0 Å². The van der Waals surface area contributed by atoms with Crippen molar-refractivity contribution in [3.8, 4) is 0 Å². The van der Waals surface area contributed by atoms with Gasteiger partial charge in [0.1, 0.15) is 0 Å². The lowest BCUT2D eigenvalue weighted by Crippen LogP contribution is -2.51. The molecule has 0 amide bonds. The predicted molar refractivity (Wildman–Crippen MR) is 109 cm³/mol. The third-order valence-electron chi connectivity index (χ3n) is 5.68. The molecule has 25 heavy (non-hydrogen) atoms. The van der Waals surface area contributed by atoms with E-state index in [2.05, 4.69) is 85.0 Å². The van der Waals surface area contributed by atoms with E-state index in [0.29, 0.717) is 11.6 Å². The van der Waals surface area contributed by atoms with Crippen LogP contribution in [-0.4, -0.2) is 30.6 Å². The largest absolute Gasteiger partial charge is 0.310 e. The third kappa shape index (κ3) is 5.31. The van der Waals surface area contributed by atoms with Crippen molar-refractivity contribution >= 4 is 12.4 Å². The number of halogens is 1. The minimum atomic E-state index is 0. The summed E-state index contributed by atoms with van der Waals surface area (Å²) < 4.78 is 0. The Morgan fingerprint density at radius 1 is 0.880 bits per heavy atom. The maximum absolute atomic E-state index is 3.76. The first-order valence-electron chi connectivity index (χ1n) is 9.17. The summed E-state index contributed by atoms with van der Waals surface area (Å²) in [7, 11) is 4.50. The highest BCUT2D eigenvalue weighted by Gasteiger charge is 2.37. The van der Waals surface area contributed by atoms with Crippen molar-refractivity contribution in [2.75, 3.05) is 14.1 Å². The Bertz CT molecular complexity index is 604. The number of hydrogen-bond donors (Lipinski definition) is 1. The Morgan fingerprint density at radius 3 is 1.92 bits per heavy atom. The van der Waals surface area contributed by atoms with Crippen molar-refractivity contribution in [1.29, 1.82) is 0 Å². The number of hydrogen-bond acceptors (Lipinski definition) is 2. The third-order valence-corrected chi connectivity index (χ3v) is 5.68. The van der Waals surface area contributed by atoms with E-state index in [1.165, 1.54) is 36.8 Å². The van der Waals surface area contributed by atoms with Crippen LogP contribution in [0.15, 0.2) is 60.7 Å². The van der Waals surface area contributed by atoms with Crippen molar-refractivity contribution in [2.24, 2.45) is 0 Å². The summed E-state index contributed by atoms with van der Waals surface area (Å²) in [6, 6.07) is 22.3. The first-order valence-corrected chi connectivity index (χ1v) is 9.17. The first kappa shape index (κ1) is 20.0. The zero-order chi connectivity index (χ0) is 16.8. The molecule has 0 radical (unpaired) electrons. The summed E-state index contributed by atoms with van der Waals surface area (Å²) in [5.41, 5.74) is 3.15. The van der Waals surface area contributed by atoms with Gasteiger partial charge in [-0.2, -0.15) is 0 Å². The molecule has 2 aromatic rings. The van der Waals surface area contributed by atoms with Crippen LogP contribution in [0.2, 0.25) is 0 Å². The lowest BCUT2D eigenvalue weighted by atomic mass is 9.75. The monoisotopic (exact) mass is 358 g/mol. The zero-order valence-corrected chi connectivity index (χ0v) is 16.3. The minimum absolute atomic E-state index is 0. The van der Waals surface area contributed by atoms with Crippen LogP contribution in [-0.2, 0) is 13.0 Å². The maximum atomic E-state index is 3.76. The first-order chi connectivity index (χ1) is 11.7. The molecular formula is C22H31ClN2. The molecule has 136 valence electrons. The fraction of sp³-hybridized carbons (Fsp3) is 0.455. The van der Waals surface area contributed by atoms with E-state index in [0.717, 1.165) is 13.0 Å². The lowest BCUT2D eigenvalue weighted by molar-refractivity contribution is 0.0871. The van der Waals surface area contributed by atoms with E-state index in [4.69, 9.17) is 0 Å². The highest BCUT2D eigenvalue weighted by Crippen LogP contribution is 2.35. The second-order valence-corrected chi connectivity index (χ2v) is 7.42. The van der Waals surface area contributed by atoms with Gasteiger partial charge in [0.25, 0.3) is 0 Å². The standard InChI is InChI=1S/C22H30N2.ClH/c1-24(2)22(17-19-9-5-3-6-10-19)15-13-21(14-16-22)23-18-20-11-7-4-8-12-20;/h3-12,21,23H,13-18H2,1-2H3;1H. The molecule has 1 saturated carbocycles. The summed E-state index contributed by atoms with van der Waals surface area (Å²) in [5, 5.41) is 3.76. The molecule has 0 atom stereocenters. The van der Waals surface area contributed by atoms with Crippen LogP contribution >= 0.6 is 12.4 Å². The molecule has 1 aliphatic rings. The zero-order valence-electron chi connectivity index (χ0n) is 15.4. The molecule has 0 spiro atoms. The van der Waals surface area contributed by atoms with Gasteiger partial charge in [0.15, 0.2) is 0 Å².